The number of nitrogens with zero attached hydrogens (tertiary/aromatic N) is 1. The molecule has 19 heavy (non-hydrogen) atoms. The highest BCUT2D eigenvalue weighted by Crippen LogP contribution is 2.12. The predicted molar refractivity (Wildman–Crippen MR) is 77.2 cm³/mol. The lowest BCUT2D eigenvalue weighted by molar-refractivity contribution is -0.135. The minimum absolute atomic E-state index is 0. The Labute approximate surface area is 120 Å². The van der Waals surface area contributed by atoms with Crippen LogP contribution in [-0.2, 0) is 11.2 Å². The fourth-order valence-corrected chi connectivity index (χ4v) is 2.34. The van der Waals surface area contributed by atoms with Crippen LogP contribution >= 0.6 is 12.4 Å². The number of carbonyl (C=O) groups is 1. The highest BCUT2D eigenvalue weighted by molar-refractivity contribution is 5.85. The smallest absolute Gasteiger partial charge is 0.239 e. The lowest BCUT2D eigenvalue weighted by atomic mass is 10.0. The van der Waals surface area contributed by atoms with Crippen LogP contribution in [0.2, 0.25) is 0 Å². The van der Waals surface area contributed by atoms with Crippen molar-refractivity contribution in [2.75, 3.05) is 13.1 Å². The van der Waals surface area contributed by atoms with Crippen molar-refractivity contribution in [2.45, 2.75) is 31.4 Å². The molecule has 1 aliphatic heterocycles. The van der Waals surface area contributed by atoms with Gasteiger partial charge in [0.25, 0.3) is 0 Å². The fourth-order valence-electron chi connectivity index (χ4n) is 2.34. The SMILES string of the molecule is Cl.NC(Cc1ccccc1)C(=O)N1CCCC(O)C1. The van der Waals surface area contributed by atoms with Gasteiger partial charge < -0.3 is 15.7 Å². The Hall–Kier alpha value is -1.10. The van der Waals surface area contributed by atoms with Crippen molar-refractivity contribution in [2.24, 2.45) is 5.73 Å². The summed E-state index contributed by atoms with van der Waals surface area (Å²) < 4.78 is 0. The van der Waals surface area contributed by atoms with E-state index in [9.17, 15) is 9.90 Å². The molecule has 1 amide bonds. The van der Waals surface area contributed by atoms with E-state index in [2.05, 4.69) is 0 Å². The molecule has 0 aliphatic carbocycles. The van der Waals surface area contributed by atoms with Crippen molar-refractivity contribution in [3.05, 3.63) is 35.9 Å². The van der Waals surface area contributed by atoms with Gasteiger partial charge in [-0.3, -0.25) is 4.79 Å². The first kappa shape index (κ1) is 16.0. The molecule has 3 N–H and O–H groups in total. The van der Waals surface area contributed by atoms with Crippen LogP contribution in [0.4, 0.5) is 0 Å². The highest BCUT2D eigenvalue weighted by Gasteiger charge is 2.25. The molecule has 1 aromatic carbocycles. The molecule has 2 rings (SSSR count). The number of piperidine rings is 1. The molecule has 1 heterocycles. The molecule has 106 valence electrons. The topological polar surface area (TPSA) is 66.6 Å². The molecular formula is C14H21ClN2O2. The number of carbonyl (C=O) groups excluding carboxylic acids is 1. The molecule has 1 aromatic rings. The van der Waals surface area contributed by atoms with Crippen molar-refractivity contribution in [3.8, 4) is 0 Å². The third kappa shape index (κ3) is 4.49. The quantitative estimate of drug-likeness (QED) is 0.869. The number of halogens is 1. The zero-order chi connectivity index (χ0) is 13.0. The van der Waals surface area contributed by atoms with Gasteiger partial charge >= 0.3 is 0 Å². The Bertz CT molecular complexity index is 400. The summed E-state index contributed by atoms with van der Waals surface area (Å²) in [4.78, 5) is 13.8. The van der Waals surface area contributed by atoms with Crippen LogP contribution in [0, 0.1) is 0 Å². The first-order valence-corrected chi connectivity index (χ1v) is 6.43. The van der Waals surface area contributed by atoms with E-state index in [0.29, 0.717) is 19.5 Å². The van der Waals surface area contributed by atoms with Gasteiger partial charge in [0.2, 0.25) is 5.91 Å². The number of aliphatic hydroxyl groups excluding tert-OH is 1. The first-order chi connectivity index (χ1) is 8.66. The molecule has 0 spiro atoms. The molecule has 0 aromatic heterocycles. The molecule has 0 radical (unpaired) electrons. The number of benzene rings is 1. The van der Waals surface area contributed by atoms with Crippen LogP contribution in [0.15, 0.2) is 30.3 Å². The summed E-state index contributed by atoms with van der Waals surface area (Å²) in [6.07, 6.45) is 1.78. The Balaban J connectivity index is 0.00000180. The monoisotopic (exact) mass is 284 g/mol. The van der Waals surface area contributed by atoms with Crippen molar-refractivity contribution in [3.63, 3.8) is 0 Å². The number of hydrogen-bond acceptors (Lipinski definition) is 3. The van der Waals surface area contributed by atoms with E-state index in [0.717, 1.165) is 18.4 Å². The third-order valence-corrected chi connectivity index (χ3v) is 3.32. The summed E-state index contributed by atoms with van der Waals surface area (Å²) in [6.45, 7) is 1.12. The Morgan fingerprint density at radius 1 is 1.42 bits per heavy atom. The number of β-amino-alcohol motifs (C(OH)–C–C–N with tert-alkyl or cyclic N) is 1. The van der Waals surface area contributed by atoms with E-state index in [1.54, 1.807) is 4.90 Å². The minimum atomic E-state index is -0.516. The van der Waals surface area contributed by atoms with Gasteiger partial charge in [-0.1, -0.05) is 30.3 Å². The molecule has 4 nitrogen and oxygen atoms in total. The van der Waals surface area contributed by atoms with Crippen LogP contribution in [0.3, 0.4) is 0 Å². The molecule has 1 saturated heterocycles. The van der Waals surface area contributed by atoms with E-state index in [4.69, 9.17) is 5.73 Å². The normalized spacial score (nSPS) is 20.5. The van der Waals surface area contributed by atoms with Crippen LogP contribution in [0.1, 0.15) is 18.4 Å². The maximum atomic E-state index is 12.1. The number of nitrogens with two attached hydrogens (primary N) is 1. The Morgan fingerprint density at radius 2 is 2.11 bits per heavy atom. The zero-order valence-corrected chi connectivity index (χ0v) is 11.7. The van der Waals surface area contributed by atoms with E-state index in [1.165, 1.54) is 0 Å². The van der Waals surface area contributed by atoms with Gasteiger partial charge in [-0.2, -0.15) is 0 Å². The van der Waals surface area contributed by atoms with E-state index < -0.39 is 12.1 Å². The van der Waals surface area contributed by atoms with Gasteiger partial charge in [0.05, 0.1) is 12.1 Å². The minimum Gasteiger partial charge on any atom is -0.391 e. The summed E-state index contributed by atoms with van der Waals surface area (Å²) in [6, 6.07) is 9.25. The van der Waals surface area contributed by atoms with Gasteiger partial charge in [-0.15, -0.1) is 12.4 Å². The maximum absolute atomic E-state index is 12.1. The fraction of sp³-hybridized carbons (Fsp3) is 0.500. The summed E-state index contributed by atoms with van der Waals surface area (Å²) in [5, 5.41) is 9.57. The van der Waals surface area contributed by atoms with E-state index in [-0.39, 0.29) is 18.3 Å². The summed E-state index contributed by atoms with van der Waals surface area (Å²) in [5.74, 6) is -0.0578. The average molecular weight is 285 g/mol. The van der Waals surface area contributed by atoms with Crippen molar-refractivity contribution in [1.29, 1.82) is 0 Å². The summed E-state index contributed by atoms with van der Waals surface area (Å²) in [7, 11) is 0. The Morgan fingerprint density at radius 3 is 2.74 bits per heavy atom. The molecule has 0 bridgehead atoms. The van der Waals surface area contributed by atoms with E-state index >= 15 is 0 Å². The van der Waals surface area contributed by atoms with Crippen molar-refractivity contribution in [1.82, 2.24) is 4.90 Å². The van der Waals surface area contributed by atoms with Crippen LogP contribution in [-0.4, -0.2) is 41.1 Å². The average Bonchev–Trinajstić information content (AvgIpc) is 2.39. The van der Waals surface area contributed by atoms with Gasteiger partial charge in [0.1, 0.15) is 0 Å². The van der Waals surface area contributed by atoms with Crippen molar-refractivity contribution < 1.29 is 9.90 Å². The number of amides is 1. The molecule has 1 fully saturated rings. The second-order valence-corrected chi connectivity index (χ2v) is 4.88. The standard InChI is InChI=1S/C14H20N2O2.ClH/c15-13(9-11-5-2-1-3-6-11)14(18)16-8-4-7-12(17)10-16;/h1-3,5-6,12-13,17H,4,7-10,15H2;1H. The predicted octanol–water partition coefficient (Wildman–Crippen LogP) is 0.962. The van der Waals surface area contributed by atoms with E-state index in [1.807, 2.05) is 30.3 Å². The maximum Gasteiger partial charge on any atom is 0.239 e. The Kier molecular flexibility index (Phi) is 6.28. The molecule has 5 heteroatoms. The van der Waals surface area contributed by atoms with Gasteiger partial charge in [0, 0.05) is 13.1 Å². The molecule has 2 unspecified atom stereocenters. The molecule has 0 saturated carbocycles. The lowest BCUT2D eigenvalue weighted by Crippen LogP contribution is -2.50. The molecular weight excluding hydrogens is 264 g/mol. The summed E-state index contributed by atoms with van der Waals surface area (Å²) in [5.41, 5.74) is 7.02. The number of rotatable bonds is 3. The largest absolute Gasteiger partial charge is 0.391 e. The summed E-state index contributed by atoms with van der Waals surface area (Å²) >= 11 is 0. The second kappa shape index (κ2) is 7.48. The number of likely N-dealkylation sites (tertiary alicyclic amines) is 1. The van der Waals surface area contributed by atoms with Gasteiger partial charge in [-0.05, 0) is 24.8 Å². The first-order valence-electron chi connectivity index (χ1n) is 6.43. The number of aliphatic hydroxyl groups is 1. The van der Waals surface area contributed by atoms with Gasteiger partial charge in [-0.25, -0.2) is 0 Å². The van der Waals surface area contributed by atoms with Crippen molar-refractivity contribution >= 4 is 18.3 Å². The van der Waals surface area contributed by atoms with Crippen LogP contribution in [0.25, 0.3) is 0 Å². The zero-order valence-electron chi connectivity index (χ0n) is 10.9. The molecule has 2 atom stereocenters. The lowest BCUT2D eigenvalue weighted by Gasteiger charge is -2.32. The highest BCUT2D eigenvalue weighted by atomic mass is 35.5. The van der Waals surface area contributed by atoms with Crippen LogP contribution < -0.4 is 5.73 Å². The number of hydrogen-bond donors (Lipinski definition) is 2. The van der Waals surface area contributed by atoms with Crippen LogP contribution in [0.5, 0.6) is 0 Å². The second-order valence-electron chi connectivity index (χ2n) is 4.88. The molecule has 1 aliphatic rings. The van der Waals surface area contributed by atoms with Gasteiger partial charge in [0.15, 0.2) is 0 Å². The third-order valence-electron chi connectivity index (χ3n) is 3.32.